The minimum Gasteiger partial charge on any atom is -0.453 e. The van der Waals surface area contributed by atoms with E-state index < -0.39 is 0 Å². The lowest BCUT2D eigenvalue weighted by Crippen LogP contribution is -2.32. The summed E-state index contributed by atoms with van der Waals surface area (Å²) in [6, 6.07) is 5.81. The fourth-order valence-electron chi connectivity index (χ4n) is 2.56. The number of carbonyl (C=O) groups excluding carboxylic acids is 1. The van der Waals surface area contributed by atoms with Crippen LogP contribution in [0.5, 0.6) is 0 Å². The molecule has 0 unspecified atom stereocenters. The Balaban J connectivity index is 1.56. The number of ketones is 1. The predicted molar refractivity (Wildman–Crippen MR) is 77.0 cm³/mol. The number of nitrogens with one attached hydrogen (secondary N) is 1. The molecule has 0 saturated carbocycles. The average Bonchev–Trinajstić information content (AvgIpc) is 2.91. The molecule has 1 fully saturated rings. The van der Waals surface area contributed by atoms with Crippen LogP contribution in [0.4, 0.5) is 4.39 Å². The molecule has 0 bridgehead atoms. The molecule has 1 aliphatic rings. The van der Waals surface area contributed by atoms with Gasteiger partial charge in [-0.15, -0.1) is 0 Å². The number of halogens is 1. The van der Waals surface area contributed by atoms with Crippen LogP contribution in [0.2, 0.25) is 0 Å². The zero-order valence-electron chi connectivity index (χ0n) is 11.7. The van der Waals surface area contributed by atoms with Crippen molar-refractivity contribution in [3.05, 3.63) is 35.8 Å². The van der Waals surface area contributed by atoms with Crippen molar-refractivity contribution in [3.63, 3.8) is 0 Å². The van der Waals surface area contributed by atoms with Gasteiger partial charge in [0.05, 0.1) is 12.7 Å². The number of hydrogen-bond donors (Lipinski definition) is 1. The highest BCUT2D eigenvalue weighted by molar-refractivity contribution is 5.97. The lowest BCUT2D eigenvalue weighted by Gasteiger charge is -2.22. The highest BCUT2D eigenvalue weighted by atomic mass is 19.1. The summed E-state index contributed by atoms with van der Waals surface area (Å²) >= 11 is 0. The Labute approximate surface area is 122 Å². The number of ether oxygens (including phenoxy) is 1. The predicted octanol–water partition coefficient (Wildman–Crippen LogP) is 2.91. The fraction of sp³-hybridized carbons (Fsp3) is 0.438. The number of piperidine rings is 1. The maximum atomic E-state index is 13.1. The number of benzene rings is 1. The maximum Gasteiger partial charge on any atom is 0.200 e. The molecular weight excluding hydrogens is 273 g/mol. The van der Waals surface area contributed by atoms with E-state index in [-0.39, 0.29) is 29.9 Å². The van der Waals surface area contributed by atoms with Gasteiger partial charge in [0.1, 0.15) is 11.4 Å². The van der Waals surface area contributed by atoms with Gasteiger partial charge in [0.25, 0.3) is 0 Å². The quantitative estimate of drug-likeness (QED) is 0.861. The first-order chi connectivity index (χ1) is 10.2. The molecule has 21 heavy (non-hydrogen) atoms. The lowest BCUT2D eigenvalue weighted by molar-refractivity contribution is 0.0309. The van der Waals surface area contributed by atoms with Crippen LogP contribution in [0.15, 0.2) is 28.7 Å². The van der Waals surface area contributed by atoms with Crippen molar-refractivity contribution in [1.29, 1.82) is 0 Å². The third-order valence-corrected chi connectivity index (χ3v) is 3.72. The molecule has 1 aliphatic heterocycles. The first-order valence-electron chi connectivity index (χ1n) is 7.27. The topological polar surface area (TPSA) is 51.5 Å². The summed E-state index contributed by atoms with van der Waals surface area (Å²) in [5.74, 6) is -0.179. The van der Waals surface area contributed by atoms with Crippen LogP contribution < -0.4 is 5.32 Å². The van der Waals surface area contributed by atoms with Gasteiger partial charge in [-0.3, -0.25) is 4.79 Å². The highest BCUT2D eigenvalue weighted by Crippen LogP contribution is 2.21. The van der Waals surface area contributed by atoms with E-state index in [0.29, 0.717) is 17.6 Å². The summed E-state index contributed by atoms with van der Waals surface area (Å²) in [5.41, 5.74) is 0.527. The summed E-state index contributed by atoms with van der Waals surface area (Å²) in [5, 5.41) is 3.88. The number of Topliss-reactive ketones (excluding diaryl/α,β-unsaturated/α-hetero) is 1. The number of fused-ring (bicyclic) bond motifs is 1. The van der Waals surface area contributed by atoms with Gasteiger partial charge in [-0.05, 0) is 50.2 Å². The van der Waals surface area contributed by atoms with Gasteiger partial charge in [-0.1, -0.05) is 0 Å². The fourth-order valence-corrected chi connectivity index (χ4v) is 2.56. The third-order valence-electron chi connectivity index (χ3n) is 3.72. The largest absolute Gasteiger partial charge is 0.453 e. The average molecular weight is 291 g/mol. The molecule has 1 aromatic heterocycles. The van der Waals surface area contributed by atoms with Crippen molar-refractivity contribution in [2.45, 2.75) is 25.4 Å². The molecule has 2 aromatic rings. The Morgan fingerprint density at radius 3 is 2.95 bits per heavy atom. The van der Waals surface area contributed by atoms with Crippen LogP contribution in [-0.2, 0) is 4.74 Å². The molecule has 112 valence electrons. The summed E-state index contributed by atoms with van der Waals surface area (Å²) in [6.07, 6.45) is 2.49. The molecule has 1 aromatic carbocycles. The first-order valence-corrected chi connectivity index (χ1v) is 7.27. The molecule has 0 aliphatic carbocycles. The molecule has 2 heterocycles. The van der Waals surface area contributed by atoms with Crippen LogP contribution in [0, 0.1) is 5.82 Å². The molecule has 1 N–H and O–H groups in total. The van der Waals surface area contributed by atoms with E-state index in [4.69, 9.17) is 9.15 Å². The van der Waals surface area contributed by atoms with Gasteiger partial charge >= 0.3 is 0 Å². The molecule has 0 atom stereocenters. The van der Waals surface area contributed by atoms with Crippen LogP contribution in [0.25, 0.3) is 11.0 Å². The molecule has 1 saturated heterocycles. The second kappa shape index (κ2) is 6.37. The Bertz CT molecular complexity index is 631. The van der Waals surface area contributed by atoms with Crippen molar-refractivity contribution >= 4 is 16.8 Å². The Hall–Kier alpha value is -1.72. The van der Waals surface area contributed by atoms with E-state index in [1.165, 1.54) is 18.2 Å². The van der Waals surface area contributed by atoms with Crippen molar-refractivity contribution in [1.82, 2.24) is 5.32 Å². The minimum atomic E-state index is -0.337. The molecular formula is C16H18FNO3. The number of furan rings is 1. The van der Waals surface area contributed by atoms with Crippen molar-refractivity contribution in [2.75, 3.05) is 19.7 Å². The summed E-state index contributed by atoms with van der Waals surface area (Å²) in [6.45, 7) is 2.33. The lowest BCUT2D eigenvalue weighted by atomic mass is 10.1. The van der Waals surface area contributed by atoms with Crippen LogP contribution in [0.3, 0.4) is 0 Å². The standard InChI is InChI=1S/C16H18FNO3/c17-12-1-2-15-11(9-12)10-16(21-15)14(19)5-8-20-13-3-6-18-7-4-13/h1-2,9-10,13,18H,3-8H2. The molecule has 5 heteroatoms. The van der Waals surface area contributed by atoms with Crippen LogP contribution in [0.1, 0.15) is 29.8 Å². The SMILES string of the molecule is O=C(CCOC1CCNCC1)c1cc2cc(F)ccc2o1. The first kappa shape index (κ1) is 14.2. The zero-order chi connectivity index (χ0) is 14.7. The molecule has 4 nitrogen and oxygen atoms in total. The molecule has 0 radical (unpaired) electrons. The number of rotatable bonds is 5. The van der Waals surface area contributed by atoms with Crippen LogP contribution >= 0.6 is 0 Å². The molecule has 0 spiro atoms. The van der Waals surface area contributed by atoms with Crippen molar-refractivity contribution in [3.8, 4) is 0 Å². The van der Waals surface area contributed by atoms with E-state index >= 15 is 0 Å². The monoisotopic (exact) mass is 291 g/mol. The Morgan fingerprint density at radius 1 is 1.33 bits per heavy atom. The molecule has 3 rings (SSSR count). The summed E-state index contributed by atoms with van der Waals surface area (Å²) < 4.78 is 24.3. The van der Waals surface area contributed by atoms with Gasteiger partial charge in [0, 0.05) is 11.8 Å². The van der Waals surface area contributed by atoms with E-state index in [0.717, 1.165) is 25.9 Å². The molecule has 0 amide bonds. The third kappa shape index (κ3) is 3.49. The highest BCUT2D eigenvalue weighted by Gasteiger charge is 2.16. The second-order valence-corrected chi connectivity index (χ2v) is 5.29. The van der Waals surface area contributed by atoms with Crippen molar-refractivity contribution in [2.24, 2.45) is 0 Å². The summed E-state index contributed by atoms with van der Waals surface area (Å²) in [4.78, 5) is 12.1. The normalized spacial score (nSPS) is 16.4. The second-order valence-electron chi connectivity index (χ2n) is 5.29. The van der Waals surface area contributed by atoms with Gasteiger partial charge < -0.3 is 14.5 Å². The Morgan fingerprint density at radius 2 is 2.14 bits per heavy atom. The van der Waals surface area contributed by atoms with Gasteiger partial charge in [-0.25, -0.2) is 4.39 Å². The minimum absolute atomic E-state index is 0.111. The zero-order valence-corrected chi connectivity index (χ0v) is 11.7. The van der Waals surface area contributed by atoms with E-state index in [1.807, 2.05) is 0 Å². The van der Waals surface area contributed by atoms with E-state index in [9.17, 15) is 9.18 Å². The smallest absolute Gasteiger partial charge is 0.200 e. The number of hydrogen-bond acceptors (Lipinski definition) is 4. The van der Waals surface area contributed by atoms with Gasteiger partial charge in [0.2, 0.25) is 0 Å². The number of carbonyl (C=O) groups is 1. The van der Waals surface area contributed by atoms with E-state index in [2.05, 4.69) is 5.32 Å². The summed E-state index contributed by atoms with van der Waals surface area (Å²) in [7, 11) is 0. The van der Waals surface area contributed by atoms with Gasteiger partial charge in [0.15, 0.2) is 11.5 Å². The maximum absolute atomic E-state index is 13.1. The van der Waals surface area contributed by atoms with Gasteiger partial charge in [-0.2, -0.15) is 0 Å². The Kier molecular flexibility index (Phi) is 4.31. The van der Waals surface area contributed by atoms with Crippen molar-refractivity contribution < 1.29 is 18.3 Å². The van der Waals surface area contributed by atoms with Crippen LogP contribution in [-0.4, -0.2) is 31.6 Å². The van der Waals surface area contributed by atoms with E-state index in [1.54, 1.807) is 6.07 Å².